The van der Waals surface area contributed by atoms with Gasteiger partial charge < -0.3 is 10.0 Å². The van der Waals surface area contributed by atoms with E-state index < -0.39 is 12.5 Å². The third-order valence-electron chi connectivity index (χ3n) is 8.64. The first-order chi connectivity index (χ1) is 21.5. The number of carbonyl (C=O) groups is 2. The molecule has 44 heavy (non-hydrogen) atoms. The maximum Gasteiger partial charge on any atom is 0.323 e. The van der Waals surface area contributed by atoms with Gasteiger partial charge in [0, 0.05) is 23.3 Å². The van der Waals surface area contributed by atoms with E-state index in [-0.39, 0.29) is 10.2 Å². The fraction of sp³-hybridized carbons (Fsp3) is 0.162. The predicted octanol–water partition coefficient (Wildman–Crippen LogP) is 8.35. The van der Waals surface area contributed by atoms with E-state index in [0.717, 1.165) is 40.6 Å². The normalized spacial score (nSPS) is 19.8. The molecule has 7 rings (SSSR count). The second-order valence-electron chi connectivity index (χ2n) is 11.3. The second-order valence-corrected chi connectivity index (χ2v) is 13.0. The molecule has 1 aliphatic carbocycles. The Balaban J connectivity index is 1.19. The average molecular weight is 615 g/mol. The van der Waals surface area contributed by atoms with Gasteiger partial charge in [0.05, 0.1) is 4.91 Å². The molecule has 2 heterocycles. The van der Waals surface area contributed by atoms with Crippen LogP contribution in [0.3, 0.4) is 0 Å². The van der Waals surface area contributed by atoms with E-state index in [4.69, 9.17) is 17.3 Å². The van der Waals surface area contributed by atoms with Gasteiger partial charge in [-0.3, -0.25) is 14.5 Å². The average Bonchev–Trinajstić information content (AvgIpc) is 3.71. The van der Waals surface area contributed by atoms with E-state index in [1.807, 2.05) is 24.3 Å². The molecule has 1 saturated heterocycles. The van der Waals surface area contributed by atoms with E-state index in [0.29, 0.717) is 16.9 Å². The topological polar surface area (TPSA) is 60.9 Å². The van der Waals surface area contributed by atoms with E-state index in [2.05, 4.69) is 95.9 Å². The summed E-state index contributed by atoms with van der Waals surface area (Å²) in [5.41, 5.74) is 9.34. The van der Waals surface area contributed by atoms with Gasteiger partial charge >= 0.3 is 5.97 Å². The Kier molecular flexibility index (Phi) is 7.66. The number of carbonyl (C=O) groups excluding carboxylic acids is 1. The Morgan fingerprint density at radius 3 is 2.20 bits per heavy atom. The number of amides is 1. The first-order valence-corrected chi connectivity index (χ1v) is 16.0. The van der Waals surface area contributed by atoms with Gasteiger partial charge in [0.2, 0.25) is 0 Å². The first kappa shape index (κ1) is 28.3. The van der Waals surface area contributed by atoms with Crippen LogP contribution >= 0.6 is 24.0 Å². The summed E-state index contributed by atoms with van der Waals surface area (Å²) in [7, 11) is 0. The quantitative estimate of drug-likeness (QED) is 0.128. The smallest absolute Gasteiger partial charge is 0.323 e. The van der Waals surface area contributed by atoms with Crippen LogP contribution in [0.1, 0.15) is 53.0 Å². The standard InChI is InChI=1S/C37H30N2O3S2/c40-35(41)23-38-36(42)34(44-37(38)43)22-25-16-19-33-31(21-25)29-12-7-13-32(29)39(33)28-17-14-24(15-18-28)20-30(26-8-3-1-4-9-26)27-10-5-2-6-11-27/h1-6,8-11,14-22,29,32H,7,12-13,23H2,(H,40,41)/b34-22-/t29-,32+/m1/s1. The number of carboxylic acid groups (broad SMARTS) is 1. The maximum atomic E-state index is 12.8. The molecular formula is C37H30N2O3S2. The summed E-state index contributed by atoms with van der Waals surface area (Å²) in [6.45, 7) is -0.417. The van der Waals surface area contributed by atoms with E-state index in [1.165, 1.54) is 40.1 Å². The summed E-state index contributed by atoms with van der Waals surface area (Å²) >= 11 is 6.44. The molecule has 2 fully saturated rings. The molecule has 2 atom stereocenters. The zero-order valence-electron chi connectivity index (χ0n) is 23.9. The van der Waals surface area contributed by atoms with Crippen LogP contribution in [-0.4, -0.2) is 38.8 Å². The number of rotatable bonds is 7. The molecule has 4 aromatic rings. The third kappa shape index (κ3) is 5.38. The molecule has 0 unspecified atom stereocenters. The van der Waals surface area contributed by atoms with E-state index >= 15 is 0 Å². The van der Waals surface area contributed by atoms with Crippen molar-refractivity contribution in [2.45, 2.75) is 31.2 Å². The first-order valence-electron chi connectivity index (χ1n) is 14.8. The zero-order chi connectivity index (χ0) is 30.2. The van der Waals surface area contributed by atoms with Crippen LogP contribution in [0.2, 0.25) is 0 Å². The van der Waals surface area contributed by atoms with Gasteiger partial charge in [-0.15, -0.1) is 0 Å². The van der Waals surface area contributed by atoms with Crippen molar-refractivity contribution in [3.05, 3.63) is 136 Å². The summed E-state index contributed by atoms with van der Waals surface area (Å²) in [4.78, 5) is 28.1. The van der Waals surface area contributed by atoms with Crippen molar-refractivity contribution in [3.63, 3.8) is 0 Å². The monoisotopic (exact) mass is 614 g/mol. The molecule has 218 valence electrons. The van der Waals surface area contributed by atoms with Crippen LogP contribution in [0, 0.1) is 0 Å². The van der Waals surface area contributed by atoms with Crippen molar-refractivity contribution >= 4 is 69.3 Å². The van der Waals surface area contributed by atoms with Crippen LogP contribution in [-0.2, 0) is 9.59 Å². The molecule has 0 aromatic heterocycles. The summed E-state index contributed by atoms with van der Waals surface area (Å²) in [6, 6.07) is 36.7. The minimum absolute atomic E-state index is 0.282. The SMILES string of the molecule is O=C(O)CN1C(=O)/C(=C/c2ccc3c(c2)[C@H]2CCC[C@@H]2N3c2ccc(C=C(c3ccccc3)c3ccccc3)cc2)SC1=S. The number of anilines is 2. The van der Waals surface area contributed by atoms with Crippen molar-refractivity contribution in [1.82, 2.24) is 4.90 Å². The lowest BCUT2D eigenvalue weighted by Crippen LogP contribution is -2.33. The highest BCUT2D eigenvalue weighted by atomic mass is 32.2. The summed E-state index contributed by atoms with van der Waals surface area (Å²) in [5.74, 6) is -0.994. The summed E-state index contributed by atoms with van der Waals surface area (Å²) in [5, 5.41) is 9.16. The highest BCUT2D eigenvalue weighted by molar-refractivity contribution is 8.26. The molecule has 3 aliphatic rings. The fourth-order valence-corrected chi connectivity index (χ4v) is 7.95. The van der Waals surface area contributed by atoms with Crippen LogP contribution in [0.15, 0.2) is 108 Å². The second kappa shape index (κ2) is 11.9. The van der Waals surface area contributed by atoms with Gasteiger partial charge in [-0.1, -0.05) is 109 Å². The Bertz CT molecular complexity index is 1780. The summed E-state index contributed by atoms with van der Waals surface area (Å²) in [6.07, 6.45) is 7.55. The van der Waals surface area contributed by atoms with E-state index in [1.54, 1.807) is 0 Å². The van der Waals surface area contributed by atoms with Crippen molar-refractivity contribution in [3.8, 4) is 0 Å². The number of thiocarbonyl (C=S) groups is 1. The predicted molar refractivity (Wildman–Crippen MR) is 183 cm³/mol. The number of benzene rings is 4. The Hall–Kier alpha value is -4.46. The van der Waals surface area contributed by atoms with Gasteiger partial charge in [-0.25, -0.2) is 0 Å². The van der Waals surface area contributed by atoms with Gasteiger partial charge in [0.25, 0.3) is 5.91 Å². The molecule has 1 N–H and O–H groups in total. The van der Waals surface area contributed by atoms with E-state index in [9.17, 15) is 9.59 Å². The van der Waals surface area contributed by atoms with Crippen LogP contribution < -0.4 is 4.90 Å². The minimum Gasteiger partial charge on any atom is -0.480 e. The third-order valence-corrected chi connectivity index (χ3v) is 10.0. The fourth-order valence-electron chi connectivity index (χ4n) is 6.69. The Morgan fingerprint density at radius 2 is 1.55 bits per heavy atom. The molecule has 5 nitrogen and oxygen atoms in total. The molecule has 1 saturated carbocycles. The minimum atomic E-state index is -1.08. The van der Waals surface area contributed by atoms with Crippen molar-refractivity contribution in [2.75, 3.05) is 11.4 Å². The highest BCUT2D eigenvalue weighted by Crippen LogP contribution is 2.52. The number of hydrogen-bond acceptors (Lipinski definition) is 5. The number of thioether (sulfide) groups is 1. The van der Waals surface area contributed by atoms with Crippen molar-refractivity contribution < 1.29 is 14.7 Å². The molecule has 0 radical (unpaired) electrons. The maximum absolute atomic E-state index is 12.8. The van der Waals surface area contributed by atoms with Crippen LogP contribution in [0.25, 0.3) is 17.7 Å². The number of carboxylic acids is 1. The zero-order valence-corrected chi connectivity index (χ0v) is 25.6. The van der Waals surface area contributed by atoms with Gasteiger partial charge in [0.1, 0.15) is 10.9 Å². The molecule has 0 spiro atoms. The van der Waals surface area contributed by atoms with Gasteiger partial charge in [0.15, 0.2) is 0 Å². The lowest BCUT2D eigenvalue weighted by molar-refractivity contribution is -0.140. The molecule has 1 amide bonds. The highest BCUT2D eigenvalue weighted by Gasteiger charge is 2.42. The molecular weight excluding hydrogens is 585 g/mol. The molecule has 2 aliphatic heterocycles. The molecule has 0 bridgehead atoms. The van der Waals surface area contributed by atoms with Crippen molar-refractivity contribution in [2.24, 2.45) is 0 Å². The summed E-state index contributed by atoms with van der Waals surface area (Å²) < 4.78 is 0.282. The van der Waals surface area contributed by atoms with Crippen molar-refractivity contribution in [1.29, 1.82) is 0 Å². The molecule has 7 heteroatoms. The number of hydrogen-bond donors (Lipinski definition) is 1. The number of aliphatic carboxylic acids is 1. The number of fused-ring (bicyclic) bond motifs is 3. The van der Waals surface area contributed by atoms with Gasteiger partial charge in [-0.05, 0) is 82.6 Å². The van der Waals surface area contributed by atoms with Crippen LogP contribution in [0.4, 0.5) is 11.4 Å². The molecule has 4 aromatic carbocycles. The van der Waals surface area contributed by atoms with Crippen LogP contribution in [0.5, 0.6) is 0 Å². The van der Waals surface area contributed by atoms with Gasteiger partial charge in [-0.2, -0.15) is 0 Å². The Labute approximate surface area is 266 Å². The number of nitrogens with zero attached hydrogens (tertiary/aromatic N) is 2. The largest absolute Gasteiger partial charge is 0.480 e. The Morgan fingerprint density at radius 1 is 0.886 bits per heavy atom. The lowest BCUT2D eigenvalue weighted by Gasteiger charge is -2.27. The lowest BCUT2D eigenvalue weighted by atomic mass is 9.95.